The Morgan fingerprint density at radius 3 is 1.86 bits per heavy atom. The highest BCUT2D eigenvalue weighted by Gasteiger charge is 2.45. The summed E-state index contributed by atoms with van der Waals surface area (Å²) >= 11 is 0. The molecule has 0 fully saturated rings. The number of aryl methyl sites for hydroxylation is 1. The molecule has 1 N–H and O–H groups in total. The second-order valence-electron chi connectivity index (χ2n) is 13.2. The van der Waals surface area contributed by atoms with Crippen LogP contribution in [-0.4, -0.2) is 47.8 Å². The first-order valence-corrected chi connectivity index (χ1v) is 19.1. The molecule has 2 aromatic carbocycles. The van der Waals surface area contributed by atoms with Gasteiger partial charge in [-0.1, -0.05) is 103 Å². The molecule has 0 amide bonds. The van der Waals surface area contributed by atoms with Crippen molar-refractivity contribution in [2.45, 2.75) is 109 Å². The van der Waals surface area contributed by atoms with Gasteiger partial charge < -0.3 is 14.3 Å². The van der Waals surface area contributed by atoms with E-state index >= 15 is 0 Å². The normalized spacial score (nSPS) is 15.7. The van der Waals surface area contributed by atoms with Crippen molar-refractivity contribution in [3.8, 4) is 0 Å². The molecule has 0 saturated heterocycles. The molecular weight excluding hydrogens is 565 g/mol. The van der Waals surface area contributed by atoms with Crippen molar-refractivity contribution in [1.29, 1.82) is 0 Å². The van der Waals surface area contributed by atoms with Crippen molar-refractivity contribution in [3.63, 3.8) is 0 Å². The second-order valence-corrected chi connectivity index (χ2v) is 20.3. The van der Waals surface area contributed by atoms with Crippen molar-refractivity contribution in [2.24, 2.45) is 17.8 Å². The molecule has 0 heterocycles. The number of rotatable bonds is 19. The summed E-state index contributed by atoms with van der Waals surface area (Å²) in [4.78, 5) is 0.119. The SMILES string of the molecule is Cc1ccc(S(=O)(=O)OC[C@@H](C[C@H](C)C[C@H](C)CO[Si](C(C)C)(C(C)C)C(C)C)[C@@H](O)COCc2ccccc2)cc1. The third-order valence-corrected chi connectivity index (χ3v) is 15.9. The van der Waals surface area contributed by atoms with Gasteiger partial charge in [-0.05, 0) is 65.9 Å². The van der Waals surface area contributed by atoms with Crippen molar-refractivity contribution >= 4 is 18.4 Å². The Labute approximate surface area is 257 Å². The summed E-state index contributed by atoms with van der Waals surface area (Å²) in [6.45, 7) is 21.2. The van der Waals surface area contributed by atoms with Crippen molar-refractivity contribution in [1.82, 2.24) is 0 Å². The van der Waals surface area contributed by atoms with Crippen LogP contribution < -0.4 is 0 Å². The zero-order valence-corrected chi connectivity index (χ0v) is 29.2. The summed E-state index contributed by atoms with van der Waals surface area (Å²) < 4.78 is 44.0. The number of aliphatic hydroxyl groups is 1. The molecule has 0 saturated carbocycles. The Morgan fingerprint density at radius 1 is 0.738 bits per heavy atom. The van der Waals surface area contributed by atoms with Gasteiger partial charge in [-0.2, -0.15) is 8.42 Å². The Morgan fingerprint density at radius 2 is 1.31 bits per heavy atom. The van der Waals surface area contributed by atoms with Crippen molar-refractivity contribution in [3.05, 3.63) is 65.7 Å². The fraction of sp³-hybridized carbons (Fsp3) is 0.647. The van der Waals surface area contributed by atoms with Crippen molar-refractivity contribution in [2.75, 3.05) is 19.8 Å². The predicted octanol–water partition coefficient (Wildman–Crippen LogP) is 8.14. The minimum atomic E-state index is -3.94. The van der Waals surface area contributed by atoms with Gasteiger partial charge in [0.2, 0.25) is 0 Å². The highest BCUT2D eigenvalue weighted by molar-refractivity contribution is 7.86. The van der Waals surface area contributed by atoms with Gasteiger partial charge in [0.15, 0.2) is 8.32 Å². The highest BCUT2D eigenvalue weighted by Crippen LogP contribution is 2.42. The first kappa shape index (κ1) is 36.6. The van der Waals surface area contributed by atoms with Crippen LogP contribution in [0.5, 0.6) is 0 Å². The van der Waals surface area contributed by atoms with Crippen LogP contribution in [-0.2, 0) is 30.1 Å². The molecule has 238 valence electrons. The monoisotopic (exact) mass is 620 g/mol. The van der Waals surface area contributed by atoms with E-state index in [0.717, 1.165) is 24.2 Å². The average Bonchev–Trinajstić information content (AvgIpc) is 2.91. The van der Waals surface area contributed by atoms with Gasteiger partial charge in [0.25, 0.3) is 10.1 Å². The molecule has 0 aliphatic carbocycles. The van der Waals surface area contributed by atoms with Crippen LogP contribution in [0.15, 0.2) is 59.5 Å². The van der Waals surface area contributed by atoms with Crippen LogP contribution in [0.1, 0.15) is 79.4 Å². The van der Waals surface area contributed by atoms with E-state index in [-0.39, 0.29) is 24.0 Å². The maximum atomic E-state index is 12.9. The van der Waals surface area contributed by atoms with E-state index in [0.29, 0.717) is 35.6 Å². The molecule has 0 spiro atoms. The largest absolute Gasteiger partial charge is 0.416 e. The van der Waals surface area contributed by atoms with Crippen LogP contribution in [0, 0.1) is 24.7 Å². The Balaban J connectivity index is 2.06. The van der Waals surface area contributed by atoms with Crippen LogP contribution in [0.25, 0.3) is 0 Å². The van der Waals surface area contributed by atoms with Crippen LogP contribution >= 0.6 is 0 Å². The molecule has 6 nitrogen and oxygen atoms in total. The molecule has 4 atom stereocenters. The fourth-order valence-corrected chi connectivity index (χ4v) is 13.0. The lowest BCUT2D eigenvalue weighted by molar-refractivity contribution is -0.0194. The summed E-state index contributed by atoms with van der Waals surface area (Å²) in [5.74, 6) is 0.170. The van der Waals surface area contributed by atoms with E-state index in [1.807, 2.05) is 37.3 Å². The standard InChI is InChI=1S/C34H56O6SSi/c1-25(2)42(26(3)4,27(5)6)40-21-30(9)19-29(8)20-32(34(35)24-38-22-31-13-11-10-12-14-31)23-39-41(36,37)33-17-15-28(7)16-18-33/h10-18,25-27,29-30,32,34-35H,19-24H2,1-9H3/t29-,30+,32-,34+/m1/s1. The molecule has 0 bridgehead atoms. The smallest absolute Gasteiger partial charge is 0.296 e. The van der Waals surface area contributed by atoms with Gasteiger partial charge in [0.05, 0.1) is 30.8 Å². The molecule has 0 aromatic heterocycles. The van der Waals surface area contributed by atoms with E-state index < -0.39 is 30.5 Å². The zero-order chi connectivity index (χ0) is 31.5. The summed E-state index contributed by atoms with van der Waals surface area (Å²) in [5, 5.41) is 11.1. The van der Waals surface area contributed by atoms with Crippen LogP contribution in [0.4, 0.5) is 0 Å². The Bertz CT molecular complexity index is 1110. The van der Waals surface area contributed by atoms with Gasteiger partial charge in [0, 0.05) is 12.5 Å². The van der Waals surface area contributed by atoms with E-state index in [1.54, 1.807) is 24.3 Å². The van der Waals surface area contributed by atoms with E-state index in [4.69, 9.17) is 13.3 Å². The lowest BCUT2D eigenvalue weighted by atomic mass is 9.87. The third-order valence-electron chi connectivity index (χ3n) is 8.53. The predicted molar refractivity (Wildman–Crippen MR) is 174 cm³/mol. The van der Waals surface area contributed by atoms with Gasteiger partial charge in [0.1, 0.15) is 0 Å². The summed E-state index contributed by atoms with van der Waals surface area (Å²) in [6, 6.07) is 16.4. The van der Waals surface area contributed by atoms with Gasteiger partial charge in [-0.25, -0.2) is 0 Å². The quantitative estimate of drug-likeness (QED) is 0.126. The molecule has 0 unspecified atom stereocenters. The molecule has 42 heavy (non-hydrogen) atoms. The number of hydrogen-bond acceptors (Lipinski definition) is 6. The lowest BCUT2D eigenvalue weighted by Crippen LogP contribution is -2.48. The summed E-state index contributed by atoms with van der Waals surface area (Å²) in [6.07, 6.45) is 0.668. The molecule has 8 heteroatoms. The topological polar surface area (TPSA) is 82.1 Å². The van der Waals surface area contributed by atoms with Gasteiger partial charge in [-0.15, -0.1) is 0 Å². The fourth-order valence-electron chi connectivity index (χ4n) is 6.45. The minimum Gasteiger partial charge on any atom is -0.416 e. The average molecular weight is 621 g/mol. The molecule has 2 rings (SSSR count). The zero-order valence-electron chi connectivity index (χ0n) is 27.4. The van der Waals surface area contributed by atoms with E-state index in [1.165, 1.54) is 0 Å². The van der Waals surface area contributed by atoms with E-state index in [9.17, 15) is 13.5 Å². The number of benzene rings is 2. The molecular formula is C34H56O6SSi. The molecule has 0 aliphatic heterocycles. The summed E-state index contributed by atoms with van der Waals surface area (Å²) in [7, 11) is -5.89. The Kier molecular flexibility index (Phi) is 14.9. The first-order valence-electron chi connectivity index (χ1n) is 15.6. The van der Waals surface area contributed by atoms with Crippen molar-refractivity contribution < 1.29 is 26.9 Å². The maximum Gasteiger partial charge on any atom is 0.296 e. The van der Waals surface area contributed by atoms with Crippen LogP contribution in [0.2, 0.25) is 16.6 Å². The maximum absolute atomic E-state index is 12.9. The molecule has 0 aliphatic rings. The lowest BCUT2D eigenvalue weighted by Gasteiger charge is -2.43. The first-order chi connectivity index (χ1) is 19.7. The number of ether oxygens (including phenoxy) is 1. The Hall–Kier alpha value is -1.55. The minimum absolute atomic E-state index is 0.101. The van der Waals surface area contributed by atoms with Gasteiger partial charge >= 0.3 is 0 Å². The van der Waals surface area contributed by atoms with E-state index in [2.05, 4.69) is 55.4 Å². The second kappa shape index (κ2) is 17.1. The molecule has 0 radical (unpaired) electrons. The van der Waals surface area contributed by atoms with Gasteiger partial charge in [-0.3, -0.25) is 4.18 Å². The molecule has 2 aromatic rings. The van der Waals surface area contributed by atoms with Crippen LogP contribution in [0.3, 0.4) is 0 Å². The summed E-state index contributed by atoms with van der Waals surface area (Å²) in [5.41, 5.74) is 3.59. The number of hydrogen-bond donors (Lipinski definition) is 1. The number of aliphatic hydroxyl groups excluding tert-OH is 1. The highest BCUT2D eigenvalue weighted by atomic mass is 32.2. The third kappa shape index (κ3) is 10.9.